The van der Waals surface area contributed by atoms with Gasteiger partial charge in [-0.05, 0) is 26.0 Å². The van der Waals surface area contributed by atoms with E-state index in [1.165, 1.54) is 5.56 Å². The number of aromatic nitrogens is 2. The average Bonchev–Trinajstić information content (AvgIpc) is 2.62. The van der Waals surface area contributed by atoms with Crippen LogP contribution in [0.3, 0.4) is 0 Å². The number of H-pyrrole nitrogens is 1. The number of nitrogen functional groups attached to an aromatic ring is 1. The molecule has 0 radical (unpaired) electrons. The predicted molar refractivity (Wildman–Crippen MR) is 58.9 cm³/mol. The summed E-state index contributed by atoms with van der Waals surface area (Å²) in [5, 5.41) is 0. The van der Waals surface area contributed by atoms with Crippen LogP contribution in [-0.4, -0.2) is 15.6 Å². The zero-order valence-electron chi connectivity index (χ0n) is 8.79. The molecule has 4 heteroatoms. The van der Waals surface area contributed by atoms with Crippen molar-refractivity contribution in [3.63, 3.8) is 0 Å². The summed E-state index contributed by atoms with van der Waals surface area (Å²) in [6, 6.07) is 3.90. The Kier molecular flexibility index (Phi) is 1.40. The number of aromatic amines is 1. The first kappa shape index (κ1) is 8.59. The second-order valence-corrected chi connectivity index (χ2v) is 4.60. The second kappa shape index (κ2) is 2.45. The van der Waals surface area contributed by atoms with Crippen LogP contribution in [0.4, 0.5) is 5.95 Å². The number of benzene rings is 1. The Balaban J connectivity index is 2.28. The highest BCUT2D eigenvalue weighted by Crippen LogP contribution is 2.38. The van der Waals surface area contributed by atoms with E-state index in [1.807, 2.05) is 12.1 Å². The fourth-order valence-electron chi connectivity index (χ4n) is 2.17. The Labute approximate surface area is 87.4 Å². The summed E-state index contributed by atoms with van der Waals surface area (Å²) in [6.45, 7) is 4.16. The number of hydrogen-bond acceptors (Lipinski definition) is 3. The van der Waals surface area contributed by atoms with E-state index >= 15 is 0 Å². The van der Waals surface area contributed by atoms with E-state index in [1.54, 1.807) is 0 Å². The van der Waals surface area contributed by atoms with Gasteiger partial charge in [-0.3, -0.25) is 0 Å². The van der Waals surface area contributed by atoms with E-state index in [9.17, 15) is 0 Å². The highest BCUT2D eigenvalue weighted by atomic mass is 16.5. The van der Waals surface area contributed by atoms with Crippen molar-refractivity contribution < 1.29 is 4.74 Å². The maximum absolute atomic E-state index is 5.82. The van der Waals surface area contributed by atoms with Gasteiger partial charge >= 0.3 is 0 Å². The summed E-state index contributed by atoms with van der Waals surface area (Å²) in [5.41, 5.74) is 8.62. The normalized spacial score (nSPS) is 17.7. The van der Waals surface area contributed by atoms with Crippen molar-refractivity contribution in [2.45, 2.75) is 25.9 Å². The number of nitrogens with one attached hydrogen (secondary N) is 1. The second-order valence-electron chi connectivity index (χ2n) is 4.60. The first-order valence-electron chi connectivity index (χ1n) is 5.01. The third-order valence-corrected chi connectivity index (χ3v) is 2.73. The van der Waals surface area contributed by atoms with Crippen LogP contribution < -0.4 is 10.5 Å². The number of nitrogens with zero attached hydrogens (tertiary/aromatic N) is 1. The highest BCUT2D eigenvalue weighted by molar-refractivity contribution is 5.83. The van der Waals surface area contributed by atoms with E-state index in [4.69, 9.17) is 10.5 Å². The van der Waals surface area contributed by atoms with Crippen molar-refractivity contribution in [1.29, 1.82) is 0 Å². The average molecular weight is 203 g/mol. The van der Waals surface area contributed by atoms with Gasteiger partial charge in [0.25, 0.3) is 0 Å². The van der Waals surface area contributed by atoms with Crippen molar-refractivity contribution in [3.8, 4) is 5.75 Å². The largest absolute Gasteiger partial charge is 0.487 e. The summed E-state index contributed by atoms with van der Waals surface area (Å²) in [7, 11) is 0. The molecule has 1 aromatic carbocycles. The number of anilines is 1. The number of imidazole rings is 1. The molecule has 0 fully saturated rings. The Morgan fingerprint density at radius 2 is 2.27 bits per heavy atom. The Morgan fingerprint density at radius 1 is 1.47 bits per heavy atom. The lowest BCUT2D eigenvalue weighted by Crippen LogP contribution is -2.24. The van der Waals surface area contributed by atoms with Crippen molar-refractivity contribution in [3.05, 3.63) is 17.7 Å². The van der Waals surface area contributed by atoms with Crippen LogP contribution in [0.15, 0.2) is 12.1 Å². The molecule has 0 unspecified atom stereocenters. The topological polar surface area (TPSA) is 63.9 Å². The molecule has 1 aromatic heterocycles. The first-order valence-corrected chi connectivity index (χ1v) is 5.01. The van der Waals surface area contributed by atoms with Gasteiger partial charge in [-0.1, -0.05) is 0 Å². The van der Waals surface area contributed by atoms with Gasteiger partial charge in [-0.2, -0.15) is 0 Å². The molecule has 0 saturated carbocycles. The SMILES string of the molecule is CC1(C)Cc2c(ccc3nc(N)[nH]c23)O1. The van der Waals surface area contributed by atoms with Gasteiger partial charge in [0, 0.05) is 12.0 Å². The molecule has 0 atom stereocenters. The highest BCUT2D eigenvalue weighted by Gasteiger charge is 2.31. The van der Waals surface area contributed by atoms with E-state index in [-0.39, 0.29) is 5.60 Å². The maximum Gasteiger partial charge on any atom is 0.198 e. The van der Waals surface area contributed by atoms with Crippen LogP contribution in [0, 0.1) is 0 Å². The number of fused-ring (bicyclic) bond motifs is 3. The van der Waals surface area contributed by atoms with Crippen LogP contribution in [0.2, 0.25) is 0 Å². The van der Waals surface area contributed by atoms with Crippen molar-refractivity contribution in [2.24, 2.45) is 0 Å². The summed E-state index contributed by atoms with van der Waals surface area (Å²) in [6.07, 6.45) is 0.890. The van der Waals surface area contributed by atoms with Crippen LogP contribution in [-0.2, 0) is 6.42 Å². The van der Waals surface area contributed by atoms with Gasteiger partial charge in [0.1, 0.15) is 11.4 Å². The molecular weight excluding hydrogens is 190 g/mol. The van der Waals surface area contributed by atoms with Gasteiger partial charge in [0.05, 0.1) is 11.0 Å². The third-order valence-electron chi connectivity index (χ3n) is 2.73. The fraction of sp³-hybridized carbons (Fsp3) is 0.364. The van der Waals surface area contributed by atoms with Crippen LogP contribution in [0.5, 0.6) is 5.75 Å². The van der Waals surface area contributed by atoms with Crippen LogP contribution in [0.25, 0.3) is 11.0 Å². The van der Waals surface area contributed by atoms with Gasteiger partial charge < -0.3 is 15.5 Å². The van der Waals surface area contributed by atoms with E-state index in [0.29, 0.717) is 5.95 Å². The molecule has 0 aliphatic carbocycles. The number of nitrogens with two attached hydrogens (primary N) is 1. The molecule has 15 heavy (non-hydrogen) atoms. The molecular formula is C11H13N3O. The predicted octanol–water partition coefficient (Wildman–Crippen LogP) is 1.86. The minimum atomic E-state index is -0.128. The first-order chi connectivity index (χ1) is 7.05. The van der Waals surface area contributed by atoms with Gasteiger partial charge in [-0.15, -0.1) is 0 Å². The third kappa shape index (κ3) is 1.17. The van der Waals surface area contributed by atoms with E-state index < -0.39 is 0 Å². The Morgan fingerprint density at radius 3 is 3.07 bits per heavy atom. The lowest BCUT2D eigenvalue weighted by atomic mass is 10.0. The summed E-state index contributed by atoms with van der Waals surface area (Å²) in [5.74, 6) is 1.40. The van der Waals surface area contributed by atoms with Crippen LogP contribution in [0.1, 0.15) is 19.4 Å². The monoisotopic (exact) mass is 203 g/mol. The molecule has 0 amide bonds. The number of ether oxygens (including phenoxy) is 1. The summed E-state index contributed by atoms with van der Waals surface area (Å²) in [4.78, 5) is 7.29. The summed E-state index contributed by atoms with van der Waals surface area (Å²) < 4.78 is 5.82. The molecule has 3 rings (SSSR count). The summed E-state index contributed by atoms with van der Waals surface area (Å²) >= 11 is 0. The fourth-order valence-corrected chi connectivity index (χ4v) is 2.17. The molecule has 0 bridgehead atoms. The molecule has 2 heterocycles. The maximum atomic E-state index is 5.82. The van der Waals surface area contributed by atoms with Crippen molar-refractivity contribution >= 4 is 17.0 Å². The molecule has 1 aliphatic rings. The minimum Gasteiger partial charge on any atom is -0.487 e. The Hall–Kier alpha value is -1.71. The van der Waals surface area contributed by atoms with E-state index in [0.717, 1.165) is 23.2 Å². The molecule has 78 valence electrons. The lowest BCUT2D eigenvalue weighted by Gasteiger charge is -2.16. The Bertz CT molecular complexity index is 542. The van der Waals surface area contributed by atoms with Crippen molar-refractivity contribution in [1.82, 2.24) is 9.97 Å². The van der Waals surface area contributed by atoms with Gasteiger partial charge in [0.15, 0.2) is 5.95 Å². The standard InChI is InChI=1S/C11H13N3O/c1-11(2)5-6-8(15-11)4-3-7-9(6)14-10(12)13-7/h3-4H,5H2,1-2H3,(H3,12,13,14). The lowest BCUT2D eigenvalue weighted by molar-refractivity contribution is 0.138. The number of hydrogen-bond donors (Lipinski definition) is 2. The molecule has 2 aromatic rings. The zero-order valence-corrected chi connectivity index (χ0v) is 8.79. The quantitative estimate of drug-likeness (QED) is 0.686. The zero-order chi connectivity index (χ0) is 10.6. The molecule has 4 nitrogen and oxygen atoms in total. The molecule has 3 N–H and O–H groups in total. The number of rotatable bonds is 0. The van der Waals surface area contributed by atoms with Gasteiger partial charge in [-0.25, -0.2) is 4.98 Å². The van der Waals surface area contributed by atoms with E-state index in [2.05, 4.69) is 23.8 Å². The molecule has 0 saturated heterocycles. The van der Waals surface area contributed by atoms with Gasteiger partial charge in [0.2, 0.25) is 0 Å². The minimum absolute atomic E-state index is 0.128. The van der Waals surface area contributed by atoms with Crippen molar-refractivity contribution in [2.75, 3.05) is 5.73 Å². The van der Waals surface area contributed by atoms with Crippen LogP contribution >= 0.6 is 0 Å². The molecule has 1 aliphatic heterocycles. The smallest absolute Gasteiger partial charge is 0.198 e. The molecule has 0 spiro atoms.